The molecule has 0 fully saturated rings. The van der Waals surface area contributed by atoms with Crippen molar-refractivity contribution in [2.24, 2.45) is 0 Å². The molecule has 0 aliphatic heterocycles. The smallest absolute Gasteiger partial charge is 0.187 e. The van der Waals surface area contributed by atoms with E-state index < -0.39 is 0 Å². The number of halogens is 2. The van der Waals surface area contributed by atoms with Crippen molar-refractivity contribution in [2.45, 2.75) is 6.92 Å². The highest BCUT2D eigenvalue weighted by atomic mass is 79.9. The van der Waals surface area contributed by atoms with Crippen LogP contribution in [0.2, 0.25) is 0 Å². The van der Waals surface area contributed by atoms with Gasteiger partial charge in [0, 0.05) is 9.35 Å². The number of hydrogen-bond acceptors (Lipinski definition) is 2. The zero-order valence-corrected chi connectivity index (χ0v) is 9.02. The van der Waals surface area contributed by atoms with Crippen molar-refractivity contribution < 1.29 is 4.79 Å². The number of carbonyl (C=O) groups excluding carboxylic acids is 1. The van der Waals surface area contributed by atoms with Crippen LogP contribution in [0.15, 0.2) is 10.5 Å². The lowest BCUT2D eigenvalue weighted by atomic mass is 10.3. The number of alkyl halides is 1. The Morgan fingerprint density at radius 1 is 1.82 bits per heavy atom. The topological polar surface area (TPSA) is 17.1 Å². The first-order chi connectivity index (χ1) is 5.15. The Morgan fingerprint density at radius 2 is 2.45 bits per heavy atom. The van der Waals surface area contributed by atoms with Crippen LogP contribution in [0.4, 0.5) is 0 Å². The standard InChI is InChI=1S/C7H6BrClOS/c1-4-5(8)2-7(11-4)6(10)3-9/h2H,3H2,1H3. The number of ketones is 1. The van der Waals surface area contributed by atoms with Crippen LogP contribution in [0.3, 0.4) is 0 Å². The minimum atomic E-state index is -0.00883. The molecule has 0 saturated heterocycles. The maximum Gasteiger partial charge on any atom is 0.187 e. The number of rotatable bonds is 2. The van der Waals surface area contributed by atoms with E-state index in [4.69, 9.17) is 11.6 Å². The second-order valence-electron chi connectivity index (χ2n) is 2.07. The fourth-order valence-corrected chi connectivity index (χ4v) is 2.36. The molecule has 0 bridgehead atoms. The van der Waals surface area contributed by atoms with Crippen molar-refractivity contribution in [3.8, 4) is 0 Å². The van der Waals surface area contributed by atoms with E-state index >= 15 is 0 Å². The van der Waals surface area contributed by atoms with Gasteiger partial charge in [-0.2, -0.15) is 0 Å². The summed E-state index contributed by atoms with van der Waals surface area (Å²) in [5.41, 5.74) is 0. The second-order valence-corrected chi connectivity index (χ2v) is 4.45. The molecule has 4 heteroatoms. The summed E-state index contributed by atoms with van der Waals surface area (Å²) in [7, 11) is 0. The van der Waals surface area contributed by atoms with E-state index in [9.17, 15) is 4.79 Å². The zero-order chi connectivity index (χ0) is 8.43. The number of aryl methyl sites for hydroxylation is 1. The van der Waals surface area contributed by atoms with Crippen LogP contribution >= 0.6 is 38.9 Å². The predicted octanol–water partition coefficient (Wildman–Crippen LogP) is 3.24. The van der Waals surface area contributed by atoms with E-state index in [0.717, 1.165) is 14.2 Å². The van der Waals surface area contributed by atoms with Crippen LogP contribution < -0.4 is 0 Å². The van der Waals surface area contributed by atoms with E-state index in [1.165, 1.54) is 11.3 Å². The highest BCUT2D eigenvalue weighted by Gasteiger charge is 2.08. The molecule has 1 aromatic heterocycles. The molecular formula is C7H6BrClOS. The monoisotopic (exact) mass is 252 g/mol. The molecule has 0 spiro atoms. The molecule has 0 saturated carbocycles. The molecule has 0 N–H and O–H groups in total. The van der Waals surface area contributed by atoms with Crippen LogP contribution in [0.5, 0.6) is 0 Å². The summed E-state index contributed by atoms with van der Waals surface area (Å²) in [5, 5.41) is 0. The van der Waals surface area contributed by atoms with Gasteiger partial charge in [-0.1, -0.05) is 0 Å². The molecule has 1 heterocycles. The fraction of sp³-hybridized carbons (Fsp3) is 0.286. The minimum absolute atomic E-state index is 0.00883. The average Bonchev–Trinajstić information content (AvgIpc) is 2.31. The Morgan fingerprint density at radius 3 is 2.82 bits per heavy atom. The summed E-state index contributed by atoms with van der Waals surface area (Å²) in [6, 6.07) is 1.81. The predicted molar refractivity (Wildman–Crippen MR) is 51.8 cm³/mol. The lowest BCUT2D eigenvalue weighted by molar-refractivity contribution is 0.102. The van der Waals surface area contributed by atoms with Crippen LogP contribution in [0.25, 0.3) is 0 Å². The Bertz CT molecular complexity index is 262. The van der Waals surface area contributed by atoms with E-state index in [1.807, 2.05) is 13.0 Å². The third-order valence-electron chi connectivity index (χ3n) is 1.25. The Labute approximate surface area is 82.5 Å². The van der Waals surface area contributed by atoms with Gasteiger partial charge in [-0.25, -0.2) is 0 Å². The van der Waals surface area contributed by atoms with E-state index in [0.29, 0.717) is 0 Å². The number of carbonyl (C=O) groups is 1. The van der Waals surface area contributed by atoms with Gasteiger partial charge in [0.1, 0.15) is 0 Å². The van der Waals surface area contributed by atoms with Gasteiger partial charge in [-0.05, 0) is 28.9 Å². The number of Topliss-reactive ketones (excluding diaryl/α,β-unsaturated/α-hetero) is 1. The fourth-order valence-electron chi connectivity index (χ4n) is 0.663. The van der Waals surface area contributed by atoms with Crippen LogP contribution in [-0.4, -0.2) is 11.7 Å². The molecule has 0 amide bonds. The summed E-state index contributed by atoms with van der Waals surface area (Å²) in [5.74, 6) is 0.0531. The van der Waals surface area contributed by atoms with Crippen molar-refractivity contribution in [3.05, 3.63) is 20.3 Å². The highest BCUT2D eigenvalue weighted by molar-refractivity contribution is 9.10. The molecule has 1 rings (SSSR count). The summed E-state index contributed by atoms with van der Waals surface area (Å²) in [4.78, 5) is 12.9. The highest BCUT2D eigenvalue weighted by Crippen LogP contribution is 2.26. The molecule has 0 radical (unpaired) electrons. The lowest BCUT2D eigenvalue weighted by Crippen LogP contribution is -1.95. The van der Waals surface area contributed by atoms with E-state index in [1.54, 1.807) is 0 Å². The Balaban J connectivity index is 2.97. The summed E-state index contributed by atoms with van der Waals surface area (Å²) in [6.45, 7) is 1.96. The van der Waals surface area contributed by atoms with Gasteiger partial charge in [-0.15, -0.1) is 22.9 Å². The van der Waals surface area contributed by atoms with Crippen molar-refractivity contribution in [3.63, 3.8) is 0 Å². The maximum atomic E-state index is 11.0. The number of thiophene rings is 1. The lowest BCUT2D eigenvalue weighted by Gasteiger charge is -1.85. The summed E-state index contributed by atoms with van der Waals surface area (Å²) < 4.78 is 0.982. The van der Waals surface area contributed by atoms with Crippen LogP contribution in [0.1, 0.15) is 14.5 Å². The zero-order valence-electron chi connectivity index (χ0n) is 5.86. The van der Waals surface area contributed by atoms with Gasteiger partial charge in [-0.3, -0.25) is 4.79 Å². The summed E-state index contributed by atoms with van der Waals surface area (Å²) >= 11 is 10.2. The van der Waals surface area contributed by atoms with Gasteiger partial charge < -0.3 is 0 Å². The molecule has 0 aliphatic carbocycles. The number of hydrogen-bond donors (Lipinski definition) is 0. The van der Waals surface area contributed by atoms with Crippen molar-refractivity contribution in [1.82, 2.24) is 0 Å². The molecule has 0 atom stereocenters. The van der Waals surface area contributed by atoms with E-state index in [2.05, 4.69) is 15.9 Å². The SMILES string of the molecule is Cc1sc(C(=O)CCl)cc1Br. The minimum Gasteiger partial charge on any atom is -0.292 e. The molecule has 11 heavy (non-hydrogen) atoms. The van der Waals surface area contributed by atoms with Crippen LogP contribution in [0, 0.1) is 6.92 Å². The van der Waals surface area contributed by atoms with Crippen molar-refractivity contribution >= 4 is 44.7 Å². The van der Waals surface area contributed by atoms with Crippen LogP contribution in [-0.2, 0) is 0 Å². The van der Waals surface area contributed by atoms with Gasteiger partial charge in [0.05, 0.1) is 10.8 Å². The maximum absolute atomic E-state index is 11.0. The quantitative estimate of drug-likeness (QED) is 0.584. The van der Waals surface area contributed by atoms with Gasteiger partial charge in [0.25, 0.3) is 0 Å². The van der Waals surface area contributed by atoms with Gasteiger partial charge >= 0.3 is 0 Å². The first-order valence-corrected chi connectivity index (χ1v) is 5.14. The second kappa shape index (κ2) is 3.70. The normalized spacial score (nSPS) is 10.1. The summed E-state index contributed by atoms with van der Waals surface area (Å²) in [6.07, 6.45) is 0. The first kappa shape index (κ1) is 9.23. The van der Waals surface area contributed by atoms with Crippen molar-refractivity contribution in [2.75, 3.05) is 5.88 Å². The molecular weight excluding hydrogens is 247 g/mol. The average molecular weight is 254 g/mol. The molecule has 0 aromatic carbocycles. The molecule has 1 nitrogen and oxygen atoms in total. The molecule has 0 aliphatic rings. The van der Waals surface area contributed by atoms with Gasteiger partial charge in [0.2, 0.25) is 0 Å². The Hall–Kier alpha value is 0.140. The van der Waals surface area contributed by atoms with Gasteiger partial charge in [0.15, 0.2) is 5.78 Å². The Kier molecular flexibility index (Phi) is 3.10. The molecule has 0 unspecified atom stereocenters. The van der Waals surface area contributed by atoms with E-state index in [-0.39, 0.29) is 11.7 Å². The molecule has 60 valence electrons. The largest absolute Gasteiger partial charge is 0.292 e. The molecule has 1 aromatic rings. The third-order valence-corrected chi connectivity index (χ3v) is 3.67. The third kappa shape index (κ3) is 2.04. The van der Waals surface area contributed by atoms with Crippen molar-refractivity contribution in [1.29, 1.82) is 0 Å². The first-order valence-electron chi connectivity index (χ1n) is 3.00.